The number of hydrogen-bond donors (Lipinski definition) is 3. The number of aliphatic hydroxyl groups is 2. The number of carbonyl (C=O) groups excluding carboxylic acids is 1. The average molecular weight is 279 g/mol. The Bertz CT molecular complexity index is 216. The monoisotopic (exact) mass is 279 g/mol. The van der Waals surface area contributed by atoms with Gasteiger partial charge in [0, 0.05) is 26.2 Å². The Morgan fingerprint density at radius 3 is 2.21 bits per heavy atom. The Labute approximate surface area is 113 Å². The molecule has 114 valence electrons. The minimum absolute atomic E-state index is 0.254. The molecule has 7 nitrogen and oxygen atoms in total. The van der Waals surface area contributed by atoms with Crippen molar-refractivity contribution in [2.24, 2.45) is 0 Å². The molecule has 7 heteroatoms. The third-order valence-electron chi connectivity index (χ3n) is 2.27. The van der Waals surface area contributed by atoms with E-state index in [0.29, 0.717) is 32.6 Å². The van der Waals surface area contributed by atoms with E-state index < -0.39 is 25.4 Å². The van der Waals surface area contributed by atoms with Crippen LogP contribution in [0.1, 0.15) is 26.7 Å². The average Bonchev–Trinajstić information content (AvgIpc) is 2.41. The van der Waals surface area contributed by atoms with Crippen LogP contribution in [0.15, 0.2) is 0 Å². The quantitative estimate of drug-likeness (QED) is 0.370. The predicted molar refractivity (Wildman–Crippen MR) is 68.7 cm³/mol. The Kier molecular flexibility index (Phi) is 11.6. The van der Waals surface area contributed by atoms with Gasteiger partial charge in [0.1, 0.15) is 6.10 Å². The topological polar surface area (TPSA) is 97.3 Å². The molecule has 0 atom stereocenters. The molecular formula is C12H25NO6. The molecule has 0 radical (unpaired) electrons. The highest BCUT2D eigenvalue weighted by atomic mass is 16.7. The summed E-state index contributed by atoms with van der Waals surface area (Å²) in [6.07, 6.45) is -0.429. The highest BCUT2D eigenvalue weighted by Gasteiger charge is 2.12. The summed E-state index contributed by atoms with van der Waals surface area (Å²) < 4.78 is 15.5. The number of alkyl carbamates (subject to hydrolysis) is 1. The van der Waals surface area contributed by atoms with Crippen molar-refractivity contribution in [3.8, 4) is 0 Å². The fraction of sp³-hybridized carbons (Fsp3) is 0.917. The van der Waals surface area contributed by atoms with E-state index in [1.807, 2.05) is 13.8 Å². The molecule has 0 aliphatic rings. The first-order valence-electron chi connectivity index (χ1n) is 6.57. The zero-order valence-corrected chi connectivity index (χ0v) is 11.6. The van der Waals surface area contributed by atoms with Crippen LogP contribution in [0, 0.1) is 0 Å². The lowest BCUT2D eigenvalue weighted by atomic mass is 10.3. The van der Waals surface area contributed by atoms with Crippen molar-refractivity contribution in [2.45, 2.75) is 39.1 Å². The summed E-state index contributed by atoms with van der Waals surface area (Å²) in [5.74, 6) is 0. The van der Waals surface area contributed by atoms with Gasteiger partial charge < -0.3 is 29.7 Å². The van der Waals surface area contributed by atoms with Gasteiger partial charge in [-0.1, -0.05) is 0 Å². The van der Waals surface area contributed by atoms with Crippen LogP contribution in [0.25, 0.3) is 0 Å². The highest BCUT2D eigenvalue weighted by Crippen LogP contribution is 2.03. The van der Waals surface area contributed by atoms with Crippen LogP contribution in [0.4, 0.5) is 4.79 Å². The summed E-state index contributed by atoms with van der Waals surface area (Å²) >= 11 is 0. The highest BCUT2D eigenvalue weighted by molar-refractivity contribution is 5.67. The van der Waals surface area contributed by atoms with Crippen LogP contribution in [0.2, 0.25) is 0 Å². The lowest BCUT2D eigenvalue weighted by Crippen LogP contribution is -2.33. The van der Waals surface area contributed by atoms with Gasteiger partial charge in [-0.15, -0.1) is 0 Å². The van der Waals surface area contributed by atoms with Gasteiger partial charge in [-0.2, -0.15) is 0 Å². The SMILES string of the molecule is CCOC(CCCNC(=O)OC(CO)CO)OCC. The Morgan fingerprint density at radius 1 is 1.16 bits per heavy atom. The smallest absolute Gasteiger partial charge is 0.407 e. The van der Waals surface area contributed by atoms with E-state index in [4.69, 9.17) is 24.4 Å². The third-order valence-corrected chi connectivity index (χ3v) is 2.27. The van der Waals surface area contributed by atoms with Crippen LogP contribution >= 0.6 is 0 Å². The maximum atomic E-state index is 11.2. The van der Waals surface area contributed by atoms with Gasteiger partial charge in [0.15, 0.2) is 6.29 Å². The van der Waals surface area contributed by atoms with Gasteiger partial charge in [0.2, 0.25) is 0 Å². The van der Waals surface area contributed by atoms with Crippen LogP contribution in [-0.2, 0) is 14.2 Å². The van der Waals surface area contributed by atoms with Crippen molar-refractivity contribution in [1.82, 2.24) is 5.32 Å². The summed E-state index contributed by atoms with van der Waals surface area (Å²) in [5, 5.41) is 20.0. The molecule has 0 aliphatic carbocycles. The van der Waals surface area contributed by atoms with E-state index in [0.717, 1.165) is 0 Å². The molecule has 0 aliphatic heterocycles. The summed E-state index contributed by atoms with van der Waals surface area (Å²) in [4.78, 5) is 11.2. The van der Waals surface area contributed by atoms with Crippen molar-refractivity contribution < 1.29 is 29.2 Å². The van der Waals surface area contributed by atoms with Gasteiger partial charge in [-0.05, 0) is 20.3 Å². The van der Waals surface area contributed by atoms with Crippen molar-refractivity contribution in [3.05, 3.63) is 0 Å². The van der Waals surface area contributed by atoms with E-state index in [1.165, 1.54) is 0 Å². The minimum atomic E-state index is -0.875. The standard InChI is InChI=1S/C12H25NO6/c1-3-17-11(18-4-2)6-5-7-13-12(16)19-10(8-14)9-15/h10-11,14-15H,3-9H2,1-2H3,(H,13,16). The number of carbonyl (C=O) groups is 1. The number of hydrogen-bond acceptors (Lipinski definition) is 6. The lowest BCUT2D eigenvalue weighted by molar-refractivity contribution is -0.139. The first-order chi connectivity index (χ1) is 9.17. The molecular weight excluding hydrogens is 254 g/mol. The number of nitrogens with one attached hydrogen (secondary N) is 1. The predicted octanol–water partition coefficient (Wildman–Crippen LogP) is 0.245. The zero-order valence-electron chi connectivity index (χ0n) is 11.6. The molecule has 0 unspecified atom stereocenters. The van der Waals surface area contributed by atoms with Gasteiger partial charge >= 0.3 is 6.09 Å². The number of rotatable bonds is 11. The molecule has 0 saturated heterocycles. The van der Waals surface area contributed by atoms with Crippen LogP contribution in [0.3, 0.4) is 0 Å². The molecule has 0 fully saturated rings. The molecule has 19 heavy (non-hydrogen) atoms. The number of amides is 1. The summed E-state index contributed by atoms with van der Waals surface area (Å²) in [7, 11) is 0. The fourth-order valence-corrected chi connectivity index (χ4v) is 1.37. The van der Waals surface area contributed by atoms with E-state index >= 15 is 0 Å². The van der Waals surface area contributed by atoms with Crippen molar-refractivity contribution in [1.29, 1.82) is 0 Å². The normalized spacial score (nSPS) is 11.1. The molecule has 0 aromatic rings. The first kappa shape index (κ1) is 18.1. The second kappa shape index (κ2) is 12.2. The van der Waals surface area contributed by atoms with Crippen LogP contribution < -0.4 is 5.32 Å². The van der Waals surface area contributed by atoms with Crippen LogP contribution in [-0.4, -0.2) is 61.7 Å². The molecule has 0 heterocycles. The van der Waals surface area contributed by atoms with Crippen molar-refractivity contribution >= 4 is 6.09 Å². The van der Waals surface area contributed by atoms with E-state index in [9.17, 15) is 4.79 Å². The van der Waals surface area contributed by atoms with Gasteiger partial charge in [-0.3, -0.25) is 0 Å². The molecule has 1 amide bonds. The summed E-state index contributed by atoms with van der Waals surface area (Å²) in [5.41, 5.74) is 0. The van der Waals surface area contributed by atoms with Crippen LogP contribution in [0.5, 0.6) is 0 Å². The Morgan fingerprint density at radius 2 is 1.74 bits per heavy atom. The number of ether oxygens (including phenoxy) is 3. The summed E-state index contributed by atoms with van der Waals surface area (Å²) in [6.45, 7) is 4.56. The number of aliphatic hydroxyl groups excluding tert-OH is 2. The molecule has 0 bridgehead atoms. The zero-order chi connectivity index (χ0) is 14.5. The van der Waals surface area contributed by atoms with Crippen molar-refractivity contribution in [3.63, 3.8) is 0 Å². The third kappa shape index (κ3) is 9.66. The second-order valence-corrected chi connectivity index (χ2v) is 3.80. The first-order valence-corrected chi connectivity index (χ1v) is 6.57. The van der Waals surface area contributed by atoms with Gasteiger partial charge in [0.05, 0.1) is 13.2 Å². The van der Waals surface area contributed by atoms with E-state index in [2.05, 4.69) is 5.32 Å². The molecule has 0 rings (SSSR count). The Hall–Kier alpha value is -0.890. The molecule has 3 N–H and O–H groups in total. The molecule has 0 saturated carbocycles. The largest absolute Gasteiger partial charge is 0.441 e. The lowest BCUT2D eigenvalue weighted by Gasteiger charge is -2.17. The van der Waals surface area contributed by atoms with Gasteiger partial charge in [-0.25, -0.2) is 4.79 Å². The van der Waals surface area contributed by atoms with Crippen molar-refractivity contribution in [2.75, 3.05) is 33.0 Å². The molecule has 0 aromatic heterocycles. The second-order valence-electron chi connectivity index (χ2n) is 3.80. The van der Waals surface area contributed by atoms with E-state index in [-0.39, 0.29) is 6.29 Å². The van der Waals surface area contributed by atoms with Gasteiger partial charge in [0.25, 0.3) is 0 Å². The fourth-order valence-electron chi connectivity index (χ4n) is 1.37. The maximum absolute atomic E-state index is 11.2. The minimum Gasteiger partial charge on any atom is -0.441 e. The molecule has 0 spiro atoms. The Balaban J connectivity index is 3.68. The van der Waals surface area contributed by atoms with E-state index in [1.54, 1.807) is 0 Å². The summed E-state index contributed by atoms with van der Waals surface area (Å²) in [6, 6.07) is 0. The maximum Gasteiger partial charge on any atom is 0.407 e. The molecule has 0 aromatic carbocycles.